The van der Waals surface area contributed by atoms with Gasteiger partial charge < -0.3 is 10.4 Å². The molecule has 1 aliphatic heterocycles. The zero-order valence-corrected chi connectivity index (χ0v) is 8.18. The number of nitrogens with one attached hydrogen (secondary N) is 1. The molecule has 1 aromatic carbocycles. The van der Waals surface area contributed by atoms with Crippen molar-refractivity contribution in [3.63, 3.8) is 0 Å². The molecule has 1 atom stereocenters. The van der Waals surface area contributed by atoms with E-state index in [0.29, 0.717) is 0 Å². The molecular weight excluding hydrogens is 181 g/mol. The highest BCUT2D eigenvalue weighted by Gasteiger charge is 2.34. The average Bonchev–Trinajstić information content (AvgIpc) is 2.56. The number of rotatable bonds is 2. The first-order valence-electron chi connectivity index (χ1n) is 4.86. The minimum absolute atomic E-state index is 0.0831. The van der Waals surface area contributed by atoms with Crippen LogP contribution in [0.1, 0.15) is 18.9 Å². The topological polar surface area (TPSA) is 32.3 Å². The van der Waals surface area contributed by atoms with Gasteiger partial charge in [-0.25, -0.2) is 4.39 Å². The van der Waals surface area contributed by atoms with E-state index in [1.807, 2.05) is 6.92 Å². The maximum absolute atomic E-state index is 12.9. The largest absolute Gasteiger partial charge is 0.394 e. The molecule has 0 radical (unpaired) electrons. The highest BCUT2D eigenvalue weighted by molar-refractivity contribution is 5.59. The molecule has 0 saturated carbocycles. The number of hydrogen-bond acceptors (Lipinski definition) is 2. The molecule has 2 N–H and O–H groups in total. The summed E-state index contributed by atoms with van der Waals surface area (Å²) in [7, 11) is 0. The van der Waals surface area contributed by atoms with E-state index in [9.17, 15) is 9.50 Å². The van der Waals surface area contributed by atoms with Crippen LogP contribution < -0.4 is 5.32 Å². The Bertz CT molecular complexity index is 347. The van der Waals surface area contributed by atoms with E-state index >= 15 is 0 Å². The van der Waals surface area contributed by atoms with Gasteiger partial charge >= 0.3 is 0 Å². The summed E-state index contributed by atoms with van der Waals surface area (Å²) >= 11 is 0. The molecule has 1 unspecified atom stereocenters. The average molecular weight is 195 g/mol. The molecular formula is C11H14FNO. The standard InChI is InChI=1S/C11H14FNO/c1-2-11(7-14)6-8-3-4-9(12)5-10(8)13-11/h3-5,13-14H,2,6-7H2,1H3. The summed E-state index contributed by atoms with van der Waals surface area (Å²) in [5.41, 5.74) is 1.62. The Morgan fingerprint density at radius 3 is 3.00 bits per heavy atom. The molecule has 76 valence electrons. The molecule has 3 heteroatoms. The lowest BCUT2D eigenvalue weighted by molar-refractivity contribution is 0.211. The fraction of sp³-hybridized carbons (Fsp3) is 0.455. The number of fused-ring (bicyclic) bond motifs is 1. The second-order valence-electron chi connectivity index (χ2n) is 3.90. The zero-order valence-electron chi connectivity index (χ0n) is 8.18. The lowest BCUT2D eigenvalue weighted by atomic mass is 9.93. The number of aliphatic hydroxyl groups excluding tert-OH is 1. The van der Waals surface area contributed by atoms with Crippen LogP contribution in [0.15, 0.2) is 18.2 Å². The second-order valence-corrected chi connectivity index (χ2v) is 3.90. The van der Waals surface area contributed by atoms with E-state index in [2.05, 4.69) is 5.32 Å². The van der Waals surface area contributed by atoms with Gasteiger partial charge in [-0.3, -0.25) is 0 Å². The second kappa shape index (κ2) is 3.24. The first-order valence-corrected chi connectivity index (χ1v) is 4.86. The van der Waals surface area contributed by atoms with E-state index in [-0.39, 0.29) is 18.0 Å². The number of aliphatic hydroxyl groups is 1. The van der Waals surface area contributed by atoms with Crippen molar-refractivity contribution in [3.8, 4) is 0 Å². The number of anilines is 1. The normalized spacial score (nSPS) is 24.5. The van der Waals surface area contributed by atoms with Gasteiger partial charge in [0.05, 0.1) is 12.1 Å². The molecule has 0 fully saturated rings. The Morgan fingerprint density at radius 1 is 1.57 bits per heavy atom. The predicted molar refractivity (Wildman–Crippen MR) is 53.8 cm³/mol. The van der Waals surface area contributed by atoms with E-state index in [1.165, 1.54) is 12.1 Å². The maximum atomic E-state index is 12.9. The van der Waals surface area contributed by atoms with Crippen molar-refractivity contribution < 1.29 is 9.50 Å². The molecule has 0 aliphatic carbocycles. The first kappa shape index (κ1) is 9.46. The van der Waals surface area contributed by atoms with Crippen LogP contribution in [0.4, 0.5) is 10.1 Å². The van der Waals surface area contributed by atoms with Gasteiger partial charge in [-0.1, -0.05) is 13.0 Å². The van der Waals surface area contributed by atoms with Gasteiger partial charge in [-0.15, -0.1) is 0 Å². The molecule has 0 bridgehead atoms. The van der Waals surface area contributed by atoms with Crippen LogP contribution in [-0.2, 0) is 6.42 Å². The quantitative estimate of drug-likeness (QED) is 0.755. The Labute approximate surface area is 82.8 Å². The van der Waals surface area contributed by atoms with Crippen LogP contribution in [0.25, 0.3) is 0 Å². The summed E-state index contributed by atoms with van der Waals surface area (Å²) in [4.78, 5) is 0. The predicted octanol–water partition coefficient (Wildman–Crippen LogP) is 1.93. The third-order valence-electron chi connectivity index (χ3n) is 2.98. The summed E-state index contributed by atoms with van der Waals surface area (Å²) in [5, 5.41) is 12.5. The van der Waals surface area contributed by atoms with Gasteiger partial charge in [0.2, 0.25) is 0 Å². The van der Waals surface area contributed by atoms with Crippen LogP contribution in [0.3, 0.4) is 0 Å². The summed E-state index contributed by atoms with van der Waals surface area (Å²) in [6.45, 7) is 2.10. The molecule has 0 aromatic heterocycles. The summed E-state index contributed by atoms with van der Waals surface area (Å²) in [6.07, 6.45) is 1.61. The number of hydrogen-bond donors (Lipinski definition) is 2. The molecule has 2 nitrogen and oxygen atoms in total. The van der Waals surface area contributed by atoms with Gasteiger partial charge in [0, 0.05) is 5.69 Å². The Hall–Kier alpha value is -1.09. The first-order chi connectivity index (χ1) is 6.69. The Morgan fingerprint density at radius 2 is 2.36 bits per heavy atom. The Balaban J connectivity index is 2.33. The molecule has 2 rings (SSSR count). The molecule has 14 heavy (non-hydrogen) atoms. The Kier molecular flexibility index (Phi) is 2.19. The zero-order chi connectivity index (χ0) is 10.2. The van der Waals surface area contributed by atoms with E-state index in [4.69, 9.17) is 0 Å². The van der Waals surface area contributed by atoms with Crippen molar-refractivity contribution >= 4 is 5.69 Å². The van der Waals surface area contributed by atoms with Crippen molar-refractivity contribution in [2.75, 3.05) is 11.9 Å². The molecule has 0 saturated heterocycles. The number of halogens is 1. The SMILES string of the molecule is CCC1(CO)Cc2ccc(F)cc2N1. The van der Waals surface area contributed by atoms with E-state index in [1.54, 1.807) is 6.07 Å². The van der Waals surface area contributed by atoms with Gasteiger partial charge in [0.25, 0.3) is 0 Å². The van der Waals surface area contributed by atoms with Crippen molar-refractivity contribution in [1.82, 2.24) is 0 Å². The number of benzene rings is 1. The van der Waals surface area contributed by atoms with Gasteiger partial charge in [-0.2, -0.15) is 0 Å². The summed E-state index contributed by atoms with van der Waals surface area (Å²) < 4.78 is 12.9. The smallest absolute Gasteiger partial charge is 0.125 e. The minimum Gasteiger partial charge on any atom is -0.394 e. The molecule has 1 aromatic rings. The van der Waals surface area contributed by atoms with E-state index < -0.39 is 0 Å². The van der Waals surface area contributed by atoms with Crippen molar-refractivity contribution in [1.29, 1.82) is 0 Å². The fourth-order valence-corrected chi connectivity index (χ4v) is 1.93. The summed E-state index contributed by atoms with van der Waals surface area (Å²) in [5.74, 6) is -0.235. The van der Waals surface area contributed by atoms with Crippen molar-refractivity contribution in [2.24, 2.45) is 0 Å². The fourth-order valence-electron chi connectivity index (χ4n) is 1.93. The molecule has 0 spiro atoms. The monoisotopic (exact) mass is 195 g/mol. The van der Waals surface area contributed by atoms with Crippen LogP contribution in [0.2, 0.25) is 0 Å². The van der Waals surface area contributed by atoms with Crippen molar-refractivity contribution in [3.05, 3.63) is 29.6 Å². The molecule has 1 heterocycles. The lowest BCUT2D eigenvalue weighted by Gasteiger charge is -2.25. The third kappa shape index (κ3) is 1.38. The maximum Gasteiger partial charge on any atom is 0.125 e. The third-order valence-corrected chi connectivity index (χ3v) is 2.98. The van der Waals surface area contributed by atoms with Gasteiger partial charge in [-0.05, 0) is 30.5 Å². The highest BCUT2D eigenvalue weighted by Crippen LogP contribution is 2.34. The molecule has 0 amide bonds. The lowest BCUT2D eigenvalue weighted by Crippen LogP contribution is -2.39. The van der Waals surface area contributed by atoms with Gasteiger partial charge in [0.15, 0.2) is 0 Å². The highest BCUT2D eigenvalue weighted by atomic mass is 19.1. The van der Waals surface area contributed by atoms with Crippen LogP contribution in [0.5, 0.6) is 0 Å². The van der Waals surface area contributed by atoms with Crippen molar-refractivity contribution in [2.45, 2.75) is 25.3 Å². The van der Waals surface area contributed by atoms with Gasteiger partial charge in [0.1, 0.15) is 5.82 Å². The molecule has 1 aliphatic rings. The van der Waals surface area contributed by atoms with E-state index in [0.717, 1.165) is 24.1 Å². The van der Waals surface area contributed by atoms with Crippen LogP contribution in [-0.4, -0.2) is 17.3 Å². The van der Waals surface area contributed by atoms with Crippen LogP contribution in [0, 0.1) is 5.82 Å². The minimum atomic E-state index is -0.282. The summed E-state index contributed by atoms with van der Waals surface area (Å²) in [6, 6.07) is 4.73. The van der Waals surface area contributed by atoms with Crippen LogP contribution >= 0.6 is 0 Å².